The van der Waals surface area contributed by atoms with Gasteiger partial charge in [-0.25, -0.2) is 9.97 Å². The molecule has 0 N–H and O–H groups in total. The Balaban J connectivity index is 1.44. The van der Waals surface area contributed by atoms with Gasteiger partial charge < -0.3 is 9.64 Å². The number of amides is 1. The molecule has 1 amide bonds. The zero-order valence-electron chi connectivity index (χ0n) is 17.9. The molecule has 158 valence electrons. The second kappa shape index (κ2) is 8.10. The van der Waals surface area contributed by atoms with Crippen LogP contribution in [0.2, 0.25) is 0 Å². The van der Waals surface area contributed by atoms with Gasteiger partial charge in [-0.3, -0.25) is 9.78 Å². The number of aromatic nitrogens is 3. The van der Waals surface area contributed by atoms with Crippen LogP contribution < -0.4 is 4.74 Å². The SMILES string of the molecule is Cc1ccc(OC2CC3CCC2N(C(=O)c2nc(C)ccc2-c2ccccn2)C3)nc1. The van der Waals surface area contributed by atoms with Crippen molar-refractivity contribution in [2.24, 2.45) is 5.92 Å². The van der Waals surface area contributed by atoms with E-state index in [0.717, 1.165) is 48.3 Å². The van der Waals surface area contributed by atoms with Crippen molar-refractivity contribution in [2.45, 2.75) is 45.3 Å². The Hall–Kier alpha value is -3.28. The van der Waals surface area contributed by atoms with E-state index in [4.69, 9.17) is 4.74 Å². The average molecular weight is 415 g/mol. The van der Waals surface area contributed by atoms with Crippen LogP contribution in [0.1, 0.15) is 41.0 Å². The fourth-order valence-corrected chi connectivity index (χ4v) is 4.76. The van der Waals surface area contributed by atoms with Crippen LogP contribution in [0.4, 0.5) is 0 Å². The minimum Gasteiger partial charge on any atom is -0.472 e. The van der Waals surface area contributed by atoms with Crippen LogP contribution in [0.15, 0.2) is 54.9 Å². The van der Waals surface area contributed by atoms with Crippen LogP contribution in [-0.2, 0) is 0 Å². The van der Waals surface area contributed by atoms with E-state index in [2.05, 4.69) is 15.0 Å². The van der Waals surface area contributed by atoms with E-state index in [1.807, 2.05) is 67.4 Å². The van der Waals surface area contributed by atoms with Gasteiger partial charge in [-0.2, -0.15) is 0 Å². The second-order valence-corrected chi connectivity index (χ2v) is 8.60. The highest BCUT2D eigenvalue weighted by Crippen LogP contribution is 2.38. The van der Waals surface area contributed by atoms with E-state index in [9.17, 15) is 4.79 Å². The van der Waals surface area contributed by atoms with Crippen LogP contribution in [0.5, 0.6) is 5.88 Å². The third-order valence-corrected chi connectivity index (χ3v) is 6.32. The lowest BCUT2D eigenvalue weighted by molar-refractivity contribution is -0.0315. The summed E-state index contributed by atoms with van der Waals surface area (Å²) in [6, 6.07) is 13.5. The summed E-state index contributed by atoms with van der Waals surface area (Å²) >= 11 is 0. The molecule has 0 spiro atoms. The van der Waals surface area contributed by atoms with E-state index < -0.39 is 0 Å². The van der Waals surface area contributed by atoms with Gasteiger partial charge in [0.1, 0.15) is 11.8 Å². The molecule has 6 nitrogen and oxygen atoms in total. The van der Waals surface area contributed by atoms with Crippen molar-refractivity contribution >= 4 is 5.91 Å². The number of carbonyl (C=O) groups is 1. The van der Waals surface area contributed by atoms with Gasteiger partial charge in [0.15, 0.2) is 0 Å². The molecular formula is C25H26N4O2. The molecule has 5 heterocycles. The average Bonchev–Trinajstić information content (AvgIpc) is 2.81. The largest absolute Gasteiger partial charge is 0.472 e. The van der Waals surface area contributed by atoms with Gasteiger partial charge in [0.25, 0.3) is 5.91 Å². The fourth-order valence-electron chi connectivity index (χ4n) is 4.76. The number of nitrogens with zero attached hydrogens (tertiary/aromatic N) is 4. The first-order chi connectivity index (χ1) is 15.1. The van der Waals surface area contributed by atoms with Gasteiger partial charge >= 0.3 is 0 Å². The summed E-state index contributed by atoms with van der Waals surface area (Å²) in [5, 5.41) is 0. The van der Waals surface area contributed by atoms with Gasteiger partial charge in [0, 0.05) is 36.3 Å². The number of ether oxygens (including phenoxy) is 1. The number of carbonyl (C=O) groups excluding carboxylic acids is 1. The number of pyridine rings is 3. The lowest BCUT2D eigenvalue weighted by Crippen LogP contribution is -2.59. The summed E-state index contributed by atoms with van der Waals surface area (Å²) in [5.74, 6) is 1.02. The van der Waals surface area contributed by atoms with Crippen molar-refractivity contribution in [3.63, 3.8) is 0 Å². The molecule has 1 aliphatic carbocycles. The second-order valence-electron chi connectivity index (χ2n) is 8.60. The van der Waals surface area contributed by atoms with Crippen LogP contribution in [0.3, 0.4) is 0 Å². The molecule has 1 saturated carbocycles. The molecule has 6 heteroatoms. The highest BCUT2D eigenvalue weighted by molar-refractivity contribution is 5.99. The van der Waals surface area contributed by atoms with E-state index >= 15 is 0 Å². The number of aryl methyl sites for hydroxylation is 2. The van der Waals surface area contributed by atoms with E-state index in [-0.39, 0.29) is 18.1 Å². The minimum absolute atomic E-state index is 0.0273. The predicted octanol–water partition coefficient (Wildman–Crippen LogP) is 4.23. The molecular weight excluding hydrogens is 388 g/mol. The quantitative estimate of drug-likeness (QED) is 0.639. The Morgan fingerprint density at radius 1 is 1.06 bits per heavy atom. The topological polar surface area (TPSA) is 68.2 Å². The van der Waals surface area contributed by atoms with Crippen molar-refractivity contribution in [3.8, 4) is 17.1 Å². The number of fused-ring (bicyclic) bond motifs is 3. The fraction of sp³-hybridized carbons (Fsp3) is 0.360. The Labute approximate surface area is 182 Å². The van der Waals surface area contributed by atoms with Crippen LogP contribution in [0.25, 0.3) is 11.3 Å². The molecule has 2 saturated heterocycles. The molecule has 3 unspecified atom stereocenters. The summed E-state index contributed by atoms with van der Waals surface area (Å²) in [6.45, 7) is 4.67. The highest BCUT2D eigenvalue weighted by Gasteiger charge is 2.45. The zero-order chi connectivity index (χ0) is 21.4. The molecule has 3 aromatic heterocycles. The number of piperidine rings is 2. The van der Waals surface area contributed by atoms with Gasteiger partial charge in [-0.05, 0) is 68.9 Å². The van der Waals surface area contributed by atoms with Gasteiger partial charge in [0.05, 0.1) is 11.7 Å². The first kappa shape index (κ1) is 19.7. The van der Waals surface area contributed by atoms with Gasteiger partial charge in [-0.1, -0.05) is 12.1 Å². The summed E-state index contributed by atoms with van der Waals surface area (Å²) in [7, 11) is 0. The first-order valence-electron chi connectivity index (χ1n) is 10.9. The number of hydrogen-bond donors (Lipinski definition) is 0. The van der Waals surface area contributed by atoms with Crippen LogP contribution in [0, 0.1) is 19.8 Å². The highest BCUT2D eigenvalue weighted by atomic mass is 16.5. The third-order valence-electron chi connectivity index (χ3n) is 6.32. The Morgan fingerprint density at radius 2 is 1.97 bits per heavy atom. The third kappa shape index (κ3) is 3.90. The Bertz CT molecular complexity index is 1080. The lowest BCUT2D eigenvalue weighted by Gasteiger charge is -2.49. The molecule has 31 heavy (non-hydrogen) atoms. The maximum Gasteiger partial charge on any atom is 0.273 e. The molecule has 2 aliphatic heterocycles. The maximum atomic E-state index is 13.7. The summed E-state index contributed by atoms with van der Waals surface area (Å²) in [6.07, 6.45) is 6.54. The van der Waals surface area contributed by atoms with Crippen LogP contribution >= 0.6 is 0 Å². The Kier molecular flexibility index (Phi) is 5.14. The normalized spacial score (nSPS) is 22.4. The summed E-state index contributed by atoms with van der Waals surface area (Å²) in [4.78, 5) is 29.2. The first-order valence-corrected chi connectivity index (χ1v) is 10.9. The smallest absolute Gasteiger partial charge is 0.273 e. The van der Waals surface area contributed by atoms with E-state index in [0.29, 0.717) is 17.5 Å². The number of rotatable bonds is 4. The molecule has 0 radical (unpaired) electrons. The van der Waals surface area contributed by atoms with Crippen molar-refractivity contribution in [2.75, 3.05) is 6.54 Å². The minimum atomic E-state index is -0.0465. The van der Waals surface area contributed by atoms with Gasteiger partial charge in [0.2, 0.25) is 5.88 Å². The van der Waals surface area contributed by atoms with Crippen molar-refractivity contribution < 1.29 is 9.53 Å². The van der Waals surface area contributed by atoms with Crippen LogP contribution in [-0.4, -0.2) is 44.4 Å². The molecule has 3 fully saturated rings. The predicted molar refractivity (Wildman–Crippen MR) is 118 cm³/mol. The van der Waals surface area contributed by atoms with Crippen molar-refractivity contribution in [3.05, 3.63) is 71.8 Å². The van der Waals surface area contributed by atoms with E-state index in [1.165, 1.54) is 0 Å². The number of hydrogen-bond acceptors (Lipinski definition) is 5. The summed E-state index contributed by atoms with van der Waals surface area (Å²) in [5.41, 5.74) is 3.93. The molecule has 0 aromatic carbocycles. The molecule has 6 rings (SSSR count). The molecule has 2 bridgehead atoms. The molecule has 3 aromatic rings. The Morgan fingerprint density at radius 3 is 2.71 bits per heavy atom. The molecule has 3 aliphatic rings. The zero-order valence-corrected chi connectivity index (χ0v) is 17.9. The standard InChI is InChI=1S/C25H26N4O2/c1-16-6-11-23(27-14-16)31-22-13-18-8-10-21(22)29(15-18)25(30)24-19(9-7-17(2)28-24)20-5-3-4-12-26-20/h3-7,9,11-12,14,18,21-22H,8,10,13,15H2,1-2H3. The molecule has 3 atom stereocenters. The summed E-state index contributed by atoms with van der Waals surface area (Å²) < 4.78 is 6.26. The van der Waals surface area contributed by atoms with E-state index in [1.54, 1.807) is 6.20 Å². The van der Waals surface area contributed by atoms with Crippen molar-refractivity contribution in [1.82, 2.24) is 19.9 Å². The van der Waals surface area contributed by atoms with Crippen molar-refractivity contribution in [1.29, 1.82) is 0 Å². The van der Waals surface area contributed by atoms with Gasteiger partial charge in [-0.15, -0.1) is 0 Å². The lowest BCUT2D eigenvalue weighted by atomic mass is 9.77. The maximum absolute atomic E-state index is 13.7. The monoisotopic (exact) mass is 414 g/mol.